The molecule has 0 spiro atoms. The second-order valence-corrected chi connectivity index (χ2v) is 4.75. The lowest BCUT2D eigenvalue weighted by atomic mass is 10.0. The van der Waals surface area contributed by atoms with Gasteiger partial charge in [-0.25, -0.2) is 0 Å². The smallest absolute Gasteiger partial charge is 0.348 e. The molecular weight excluding hydrogens is 269 g/mol. The van der Waals surface area contributed by atoms with Gasteiger partial charge in [0.2, 0.25) is 5.91 Å². The van der Waals surface area contributed by atoms with E-state index in [0.717, 1.165) is 18.6 Å². The third-order valence-corrected chi connectivity index (χ3v) is 3.03. The zero-order chi connectivity index (χ0) is 15.3. The van der Waals surface area contributed by atoms with Gasteiger partial charge < -0.3 is 11.1 Å². The number of hydrogen-bond donors (Lipinski definition) is 2. The number of amides is 1. The summed E-state index contributed by atoms with van der Waals surface area (Å²) in [7, 11) is 0. The maximum Gasteiger partial charge on any atom is 0.416 e. The van der Waals surface area contributed by atoms with Crippen LogP contribution in [0.4, 0.5) is 13.2 Å². The topological polar surface area (TPSA) is 55.1 Å². The lowest BCUT2D eigenvalue weighted by Crippen LogP contribution is -2.41. The van der Waals surface area contributed by atoms with Crippen molar-refractivity contribution >= 4 is 5.91 Å². The SMILES string of the molecule is CCC[C@H](N)C(=O)NC(C)c1ccc(C(F)(F)F)cc1. The number of benzene rings is 1. The molecule has 6 heteroatoms. The van der Waals surface area contributed by atoms with E-state index in [-0.39, 0.29) is 11.9 Å². The number of rotatable bonds is 5. The summed E-state index contributed by atoms with van der Waals surface area (Å²) < 4.78 is 37.3. The van der Waals surface area contributed by atoms with Gasteiger partial charge in [-0.2, -0.15) is 13.2 Å². The van der Waals surface area contributed by atoms with E-state index in [9.17, 15) is 18.0 Å². The first-order valence-corrected chi connectivity index (χ1v) is 6.48. The first-order chi connectivity index (χ1) is 9.25. The van der Waals surface area contributed by atoms with Gasteiger partial charge in [0, 0.05) is 0 Å². The van der Waals surface area contributed by atoms with Gasteiger partial charge in [-0.3, -0.25) is 4.79 Å². The molecule has 0 aromatic heterocycles. The minimum atomic E-state index is -4.35. The molecule has 1 rings (SSSR count). The van der Waals surface area contributed by atoms with Gasteiger partial charge >= 0.3 is 6.18 Å². The Morgan fingerprint density at radius 2 is 1.85 bits per heavy atom. The summed E-state index contributed by atoms with van der Waals surface area (Å²) in [6.07, 6.45) is -2.98. The number of carbonyl (C=O) groups is 1. The molecule has 0 heterocycles. The van der Waals surface area contributed by atoms with Crippen LogP contribution in [-0.4, -0.2) is 11.9 Å². The highest BCUT2D eigenvalue weighted by molar-refractivity contribution is 5.81. The fourth-order valence-electron chi connectivity index (χ4n) is 1.81. The molecule has 0 saturated heterocycles. The molecule has 0 radical (unpaired) electrons. The quantitative estimate of drug-likeness (QED) is 0.875. The van der Waals surface area contributed by atoms with Crippen molar-refractivity contribution in [3.63, 3.8) is 0 Å². The van der Waals surface area contributed by atoms with Crippen LogP contribution in [0.1, 0.15) is 43.9 Å². The Labute approximate surface area is 116 Å². The van der Waals surface area contributed by atoms with E-state index in [1.807, 2.05) is 6.92 Å². The van der Waals surface area contributed by atoms with Crippen molar-refractivity contribution in [2.75, 3.05) is 0 Å². The fourth-order valence-corrected chi connectivity index (χ4v) is 1.81. The summed E-state index contributed by atoms with van der Waals surface area (Å²) in [5, 5.41) is 2.69. The van der Waals surface area contributed by atoms with E-state index in [2.05, 4.69) is 5.32 Å². The van der Waals surface area contributed by atoms with Crippen LogP contribution in [-0.2, 0) is 11.0 Å². The van der Waals surface area contributed by atoms with Gasteiger partial charge in [0.05, 0.1) is 17.6 Å². The summed E-state index contributed by atoms with van der Waals surface area (Å²) in [5.74, 6) is -0.292. The van der Waals surface area contributed by atoms with Gasteiger partial charge in [-0.1, -0.05) is 25.5 Å². The largest absolute Gasteiger partial charge is 0.416 e. The van der Waals surface area contributed by atoms with E-state index in [4.69, 9.17) is 5.73 Å². The molecule has 20 heavy (non-hydrogen) atoms. The van der Waals surface area contributed by atoms with E-state index < -0.39 is 17.8 Å². The van der Waals surface area contributed by atoms with Gasteiger partial charge in [0.25, 0.3) is 0 Å². The first-order valence-electron chi connectivity index (χ1n) is 6.48. The molecule has 0 aliphatic carbocycles. The molecule has 0 saturated carbocycles. The van der Waals surface area contributed by atoms with Crippen LogP contribution >= 0.6 is 0 Å². The Morgan fingerprint density at radius 3 is 2.30 bits per heavy atom. The number of halogens is 3. The fraction of sp³-hybridized carbons (Fsp3) is 0.500. The molecule has 0 aliphatic rings. The highest BCUT2D eigenvalue weighted by atomic mass is 19.4. The highest BCUT2D eigenvalue weighted by Gasteiger charge is 2.30. The molecular formula is C14H19F3N2O. The maximum atomic E-state index is 12.4. The van der Waals surface area contributed by atoms with E-state index >= 15 is 0 Å². The van der Waals surface area contributed by atoms with Gasteiger partial charge in [0.1, 0.15) is 0 Å². The molecule has 112 valence electrons. The monoisotopic (exact) mass is 288 g/mol. The molecule has 1 unspecified atom stereocenters. The number of carbonyl (C=O) groups excluding carboxylic acids is 1. The van der Waals surface area contributed by atoms with Crippen molar-refractivity contribution in [3.05, 3.63) is 35.4 Å². The molecule has 1 aromatic carbocycles. The maximum absolute atomic E-state index is 12.4. The molecule has 0 bridgehead atoms. The molecule has 1 amide bonds. The number of nitrogens with one attached hydrogen (secondary N) is 1. The second kappa shape index (κ2) is 6.74. The number of alkyl halides is 3. The Bertz CT molecular complexity index is 443. The normalized spacial score (nSPS) is 14.7. The van der Waals surface area contributed by atoms with Crippen LogP contribution in [0, 0.1) is 0 Å². The van der Waals surface area contributed by atoms with Crippen LogP contribution in [0.15, 0.2) is 24.3 Å². The average Bonchev–Trinajstić information content (AvgIpc) is 2.38. The summed E-state index contributed by atoms with van der Waals surface area (Å²) in [6, 6.07) is 3.76. The van der Waals surface area contributed by atoms with Crippen LogP contribution in [0.3, 0.4) is 0 Å². The summed E-state index contributed by atoms with van der Waals surface area (Å²) in [5.41, 5.74) is 5.57. The minimum Gasteiger partial charge on any atom is -0.348 e. The van der Waals surface area contributed by atoms with Crippen molar-refractivity contribution in [3.8, 4) is 0 Å². The molecule has 2 atom stereocenters. The van der Waals surface area contributed by atoms with Crippen molar-refractivity contribution < 1.29 is 18.0 Å². The summed E-state index contributed by atoms with van der Waals surface area (Å²) in [6.45, 7) is 3.63. The molecule has 1 aromatic rings. The molecule has 3 nitrogen and oxygen atoms in total. The molecule has 0 aliphatic heterocycles. The first kappa shape index (κ1) is 16.5. The lowest BCUT2D eigenvalue weighted by Gasteiger charge is -2.18. The second-order valence-electron chi connectivity index (χ2n) is 4.75. The van der Waals surface area contributed by atoms with Crippen LogP contribution < -0.4 is 11.1 Å². The Hall–Kier alpha value is -1.56. The van der Waals surface area contributed by atoms with Gasteiger partial charge in [-0.15, -0.1) is 0 Å². The van der Waals surface area contributed by atoms with Crippen molar-refractivity contribution in [2.24, 2.45) is 5.73 Å². The van der Waals surface area contributed by atoms with Crippen LogP contribution in [0.2, 0.25) is 0 Å². The minimum absolute atomic E-state index is 0.292. The van der Waals surface area contributed by atoms with E-state index in [1.165, 1.54) is 12.1 Å². The summed E-state index contributed by atoms with van der Waals surface area (Å²) >= 11 is 0. The highest BCUT2D eigenvalue weighted by Crippen LogP contribution is 2.29. The third kappa shape index (κ3) is 4.52. The van der Waals surface area contributed by atoms with Crippen LogP contribution in [0.25, 0.3) is 0 Å². The number of nitrogens with two attached hydrogens (primary N) is 1. The third-order valence-electron chi connectivity index (χ3n) is 3.03. The summed E-state index contributed by atoms with van der Waals surface area (Å²) in [4.78, 5) is 11.7. The zero-order valence-electron chi connectivity index (χ0n) is 11.5. The van der Waals surface area contributed by atoms with E-state index in [1.54, 1.807) is 6.92 Å². The average molecular weight is 288 g/mol. The zero-order valence-corrected chi connectivity index (χ0v) is 11.5. The predicted molar refractivity (Wildman–Crippen MR) is 70.9 cm³/mol. The molecule has 0 fully saturated rings. The predicted octanol–water partition coefficient (Wildman–Crippen LogP) is 3.01. The van der Waals surface area contributed by atoms with Gasteiger partial charge in [-0.05, 0) is 31.0 Å². The van der Waals surface area contributed by atoms with Crippen molar-refractivity contribution in [1.82, 2.24) is 5.32 Å². The van der Waals surface area contributed by atoms with Crippen molar-refractivity contribution in [2.45, 2.75) is 44.9 Å². The van der Waals surface area contributed by atoms with Crippen LogP contribution in [0.5, 0.6) is 0 Å². The Morgan fingerprint density at radius 1 is 1.30 bits per heavy atom. The lowest BCUT2D eigenvalue weighted by molar-refractivity contribution is -0.137. The standard InChI is InChI=1S/C14H19F3N2O/c1-3-4-12(18)13(20)19-9(2)10-5-7-11(8-6-10)14(15,16)17/h5-9,12H,3-4,18H2,1-2H3,(H,19,20)/t9?,12-/m0/s1. The Kier molecular flexibility index (Phi) is 5.56. The van der Waals surface area contributed by atoms with Crippen molar-refractivity contribution in [1.29, 1.82) is 0 Å². The number of hydrogen-bond acceptors (Lipinski definition) is 2. The van der Waals surface area contributed by atoms with Gasteiger partial charge in [0.15, 0.2) is 0 Å². The Balaban J connectivity index is 2.69. The van der Waals surface area contributed by atoms with E-state index in [0.29, 0.717) is 12.0 Å². The molecule has 3 N–H and O–H groups in total.